The average Bonchev–Trinajstić information content (AvgIpc) is 2.64. The second-order valence-corrected chi connectivity index (χ2v) is 3.85. The van der Waals surface area contributed by atoms with Crippen LogP contribution in [-0.4, -0.2) is 11.4 Å². The largest absolute Gasteiger partial charge is 0.586 e. The summed E-state index contributed by atoms with van der Waals surface area (Å²) in [6.07, 6.45) is -3.63. The van der Waals surface area contributed by atoms with Crippen molar-refractivity contribution in [3.8, 4) is 28.4 Å². The molecule has 2 aromatic rings. The van der Waals surface area contributed by atoms with Gasteiger partial charge in [0, 0.05) is 5.56 Å². The minimum atomic E-state index is -3.63. The summed E-state index contributed by atoms with van der Waals surface area (Å²) in [6, 6.07) is 10.9. The molecular weight excluding hydrogens is 242 g/mol. The molecule has 0 fully saturated rings. The van der Waals surface area contributed by atoms with Crippen LogP contribution >= 0.6 is 0 Å². The van der Waals surface area contributed by atoms with E-state index in [2.05, 4.69) is 9.47 Å². The molecule has 1 aliphatic rings. The van der Waals surface area contributed by atoms with E-state index in [1.165, 1.54) is 18.2 Å². The summed E-state index contributed by atoms with van der Waals surface area (Å²) >= 11 is 0. The lowest BCUT2D eigenvalue weighted by atomic mass is 10.0. The van der Waals surface area contributed by atoms with Crippen LogP contribution in [0.1, 0.15) is 0 Å². The Morgan fingerprint density at radius 1 is 0.944 bits per heavy atom. The summed E-state index contributed by atoms with van der Waals surface area (Å²) in [4.78, 5) is 0. The number of phenolic OH excluding ortho intramolecular Hbond substituents is 1. The highest BCUT2D eigenvalue weighted by Crippen LogP contribution is 2.46. The van der Waals surface area contributed by atoms with E-state index in [1.54, 1.807) is 24.3 Å². The number of benzene rings is 2. The molecule has 1 aliphatic heterocycles. The Labute approximate surface area is 101 Å². The van der Waals surface area contributed by atoms with Crippen LogP contribution < -0.4 is 9.47 Å². The molecule has 5 heteroatoms. The molecule has 92 valence electrons. The highest BCUT2D eigenvalue weighted by atomic mass is 19.3. The third-order valence-corrected chi connectivity index (χ3v) is 2.61. The molecule has 0 saturated heterocycles. The molecule has 18 heavy (non-hydrogen) atoms. The standard InChI is InChI=1S/C13H8F2O3/c14-13(15)17-11-3-1-2-10(12(11)18-13)8-4-6-9(16)7-5-8/h1-7,16H. The van der Waals surface area contributed by atoms with Crippen LogP contribution in [-0.2, 0) is 0 Å². The van der Waals surface area contributed by atoms with Gasteiger partial charge >= 0.3 is 6.29 Å². The third kappa shape index (κ3) is 1.73. The zero-order valence-corrected chi connectivity index (χ0v) is 9.06. The number of aromatic hydroxyl groups is 1. The number of fused-ring (bicyclic) bond motifs is 1. The van der Waals surface area contributed by atoms with E-state index in [-0.39, 0.29) is 17.2 Å². The van der Waals surface area contributed by atoms with Crippen molar-refractivity contribution in [3.05, 3.63) is 42.5 Å². The van der Waals surface area contributed by atoms with E-state index < -0.39 is 6.29 Å². The first-order valence-electron chi connectivity index (χ1n) is 5.23. The fourth-order valence-electron chi connectivity index (χ4n) is 1.84. The van der Waals surface area contributed by atoms with E-state index in [0.29, 0.717) is 11.1 Å². The van der Waals surface area contributed by atoms with Crippen molar-refractivity contribution in [2.24, 2.45) is 0 Å². The number of alkyl halides is 2. The average molecular weight is 250 g/mol. The van der Waals surface area contributed by atoms with Gasteiger partial charge in [-0.05, 0) is 23.8 Å². The van der Waals surface area contributed by atoms with Crippen LogP contribution in [0.15, 0.2) is 42.5 Å². The summed E-state index contributed by atoms with van der Waals surface area (Å²) in [7, 11) is 0. The van der Waals surface area contributed by atoms with Gasteiger partial charge in [0.25, 0.3) is 0 Å². The highest BCUT2D eigenvalue weighted by Gasteiger charge is 2.44. The van der Waals surface area contributed by atoms with Crippen molar-refractivity contribution in [3.63, 3.8) is 0 Å². The van der Waals surface area contributed by atoms with Crippen molar-refractivity contribution in [2.75, 3.05) is 0 Å². The molecule has 0 aromatic heterocycles. The van der Waals surface area contributed by atoms with E-state index in [9.17, 15) is 13.9 Å². The zero-order valence-electron chi connectivity index (χ0n) is 9.06. The van der Waals surface area contributed by atoms with Gasteiger partial charge in [-0.3, -0.25) is 0 Å². The van der Waals surface area contributed by atoms with Crippen molar-refractivity contribution in [1.82, 2.24) is 0 Å². The van der Waals surface area contributed by atoms with Gasteiger partial charge < -0.3 is 14.6 Å². The van der Waals surface area contributed by atoms with Crippen molar-refractivity contribution in [2.45, 2.75) is 6.29 Å². The predicted octanol–water partition coefficient (Wildman–Crippen LogP) is 3.38. The van der Waals surface area contributed by atoms with Gasteiger partial charge in [0.2, 0.25) is 0 Å². The van der Waals surface area contributed by atoms with Gasteiger partial charge in [0.15, 0.2) is 11.5 Å². The van der Waals surface area contributed by atoms with Crippen LogP contribution in [0, 0.1) is 0 Å². The number of ether oxygens (including phenoxy) is 2. The molecule has 0 radical (unpaired) electrons. The molecule has 3 rings (SSSR count). The van der Waals surface area contributed by atoms with E-state index in [1.807, 2.05) is 0 Å². The molecule has 0 atom stereocenters. The second-order valence-electron chi connectivity index (χ2n) is 3.85. The maximum Gasteiger partial charge on any atom is 0.586 e. The summed E-state index contributed by atoms with van der Waals surface area (Å²) < 4.78 is 34.9. The van der Waals surface area contributed by atoms with Crippen molar-refractivity contribution < 1.29 is 23.4 Å². The van der Waals surface area contributed by atoms with Crippen LogP contribution in [0.4, 0.5) is 8.78 Å². The molecule has 0 unspecified atom stereocenters. The first-order chi connectivity index (χ1) is 8.55. The molecular formula is C13H8F2O3. The zero-order chi connectivity index (χ0) is 12.8. The van der Waals surface area contributed by atoms with Gasteiger partial charge in [-0.25, -0.2) is 0 Å². The Hall–Kier alpha value is -2.30. The third-order valence-electron chi connectivity index (χ3n) is 2.61. The Bertz CT molecular complexity index is 594. The molecule has 1 heterocycles. The summed E-state index contributed by atoms with van der Waals surface area (Å²) in [5.41, 5.74) is 1.15. The lowest BCUT2D eigenvalue weighted by Crippen LogP contribution is -2.26. The smallest absolute Gasteiger partial charge is 0.508 e. The second kappa shape index (κ2) is 3.60. The lowest BCUT2D eigenvalue weighted by molar-refractivity contribution is -0.286. The van der Waals surface area contributed by atoms with Crippen LogP contribution in [0.3, 0.4) is 0 Å². The molecule has 0 aliphatic carbocycles. The monoisotopic (exact) mass is 250 g/mol. The quantitative estimate of drug-likeness (QED) is 0.843. The molecule has 0 bridgehead atoms. The van der Waals surface area contributed by atoms with E-state index in [0.717, 1.165) is 0 Å². The fourth-order valence-corrected chi connectivity index (χ4v) is 1.84. The van der Waals surface area contributed by atoms with Gasteiger partial charge in [-0.15, -0.1) is 8.78 Å². The normalized spacial score (nSPS) is 15.7. The van der Waals surface area contributed by atoms with E-state index >= 15 is 0 Å². The highest BCUT2D eigenvalue weighted by molar-refractivity contribution is 5.74. The van der Waals surface area contributed by atoms with Gasteiger partial charge in [-0.2, -0.15) is 0 Å². The predicted molar refractivity (Wildman–Crippen MR) is 59.7 cm³/mol. The first-order valence-corrected chi connectivity index (χ1v) is 5.23. The number of phenols is 1. The van der Waals surface area contributed by atoms with Crippen LogP contribution in [0.2, 0.25) is 0 Å². The van der Waals surface area contributed by atoms with E-state index in [4.69, 9.17) is 0 Å². The molecule has 2 aromatic carbocycles. The molecule has 1 N–H and O–H groups in total. The fraction of sp³-hybridized carbons (Fsp3) is 0.0769. The Morgan fingerprint density at radius 2 is 1.67 bits per heavy atom. The molecule has 0 saturated carbocycles. The molecule has 0 spiro atoms. The lowest BCUT2D eigenvalue weighted by Gasteiger charge is -2.07. The number of hydrogen-bond acceptors (Lipinski definition) is 3. The summed E-state index contributed by atoms with van der Waals surface area (Å²) in [6.45, 7) is 0. The van der Waals surface area contributed by atoms with Crippen LogP contribution in [0.5, 0.6) is 17.2 Å². The Morgan fingerprint density at radius 3 is 2.39 bits per heavy atom. The van der Waals surface area contributed by atoms with Gasteiger partial charge in [0.05, 0.1) is 0 Å². The summed E-state index contributed by atoms with van der Waals surface area (Å²) in [5, 5.41) is 9.20. The van der Waals surface area contributed by atoms with Crippen molar-refractivity contribution in [1.29, 1.82) is 0 Å². The van der Waals surface area contributed by atoms with Crippen LogP contribution in [0.25, 0.3) is 11.1 Å². The minimum absolute atomic E-state index is 0.00516. The number of rotatable bonds is 1. The maximum atomic E-state index is 13.0. The minimum Gasteiger partial charge on any atom is -0.508 e. The summed E-state index contributed by atoms with van der Waals surface area (Å²) in [5.74, 6) is 0.118. The first kappa shape index (κ1) is 10.8. The number of para-hydroxylation sites is 1. The molecule has 0 amide bonds. The topological polar surface area (TPSA) is 38.7 Å². The number of hydrogen-bond donors (Lipinski definition) is 1. The maximum absolute atomic E-state index is 13.0. The SMILES string of the molecule is Oc1ccc(-c2cccc3c2OC(F)(F)O3)cc1. The van der Waals surface area contributed by atoms with Crippen molar-refractivity contribution >= 4 is 0 Å². The van der Waals surface area contributed by atoms with Gasteiger partial charge in [0.1, 0.15) is 5.75 Å². The number of halogens is 2. The Balaban J connectivity index is 2.10. The Kier molecular flexibility index (Phi) is 2.16. The molecule has 3 nitrogen and oxygen atoms in total. The van der Waals surface area contributed by atoms with Gasteiger partial charge in [-0.1, -0.05) is 24.3 Å².